The number of carbonyl (C=O) groups excluding carboxylic acids is 1. The van der Waals surface area contributed by atoms with Crippen LogP contribution in [0.5, 0.6) is 11.5 Å². The van der Waals surface area contributed by atoms with E-state index in [2.05, 4.69) is 5.32 Å². The van der Waals surface area contributed by atoms with Gasteiger partial charge in [0.05, 0.1) is 19.6 Å². The smallest absolute Gasteiger partial charge is 0.339 e. The monoisotopic (exact) mass is 431 g/mol. The molecule has 32 heavy (non-hydrogen) atoms. The molecule has 2 N–H and O–H groups in total. The van der Waals surface area contributed by atoms with Crippen LogP contribution < -0.4 is 14.8 Å². The van der Waals surface area contributed by atoms with Gasteiger partial charge in [0, 0.05) is 5.69 Å². The SMILES string of the molecule is COc1ccc(C2(C(=O)Nc3ccc(C)c(-c4ccc(C(=O)O)c(OC)c4)c3)CC2)cc1. The summed E-state index contributed by atoms with van der Waals surface area (Å²) in [5.41, 5.74) is 3.99. The lowest BCUT2D eigenvalue weighted by Gasteiger charge is -2.17. The summed E-state index contributed by atoms with van der Waals surface area (Å²) in [7, 11) is 3.07. The lowest BCUT2D eigenvalue weighted by molar-refractivity contribution is -0.118. The van der Waals surface area contributed by atoms with Crippen LogP contribution >= 0.6 is 0 Å². The first-order chi connectivity index (χ1) is 15.4. The van der Waals surface area contributed by atoms with E-state index < -0.39 is 11.4 Å². The average Bonchev–Trinajstić information content (AvgIpc) is 3.62. The van der Waals surface area contributed by atoms with Crippen LogP contribution in [-0.4, -0.2) is 31.2 Å². The number of aryl methyl sites for hydroxylation is 1. The standard InChI is InChI=1S/C26H25NO5/c1-16-4-8-19(15-22(16)17-5-11-21(24(28)29)23(14-17)32-3)27-25(30)26(12-13-26)18-6-9-20(31-2)10-7-18/h4-11,14-15H,12-13H2,1-3H3,(H,27,30)(H,28,29). The van der Waals surface area contributed by atoms with Crippen LogP contribution in [0.1, 0.15) is 34.3 Å². The van der Waals surface area contributed by atoms with E-state index in [1.54, 1.807) is 19.2 Å². The number of aromatic carboxylic acids is 1. The summed E-state index contributed by atoms with van der Waals surface area (Å²) in [5, 5.41) is 12.4. The summed E-state index contributed by atoms with van der Waals surface area (Å²) in [6.45, 7) is 1.97. The number of rotatable bonds is 7. The van der Waals surface area contributed by atoms with E-state index in [4.69, 9.17) is 9.47 Å². The fraction of sp³-hybridized carbons (Fsp3) is 0.231. The van der Waals surface area contributed by atoms with Crippen LogP contribution in [0.3, 0.4) is 0 Å². The Labute approximate surface area is 186 Å². The maximum atomic E-state index is 13.2. The topological polar surface area (TPSA) is 84.9 Å². The Morgan fingerprint density at radius 2 is 1.66 bits per heavy atom. The number of hydrogen-bond acceptors (Lipinski definition) is 4. The van der Waals surface area contributed by atoms with E-state index in [1.165, 1.54) is 13.2 Å². The molecule has 1 fully saturated rings. The van der Waals surface area contributed by atoms with Crippen molar-refractivity contribution in [3.05, 3.63) is 77.4 Å². The molecule has 4 rings (SSSR count). The van der Waals surface area contributed by atoms with Crippen molar-refractivity contribution in [3.63, 3.8) is 0 Å². The number of carbonyl (C=O) groups is 2. The van der Waals surface area contributed by atoms with Gasteiger partial charge in [-0.3, -0.25) is 4.79 Å². The normalized spacial score (nSPS) is 13.8. The van der Waals surface area contributed by atoms with Gasteiger partial charge in [-0.2, -0.15) is 0 Å². The van der Waals surface area contributed by atoms with Gasteiger partial charge in [-0.1, -0.05) is 24.3 Å². The molecular formula is C26H25NO5. The van der Waals surface area contributed by atoms with Gasteiger partial charge in [0.2, 0.25) is 5.91 Å². The highest BCUT2D eigenvalue weighted by Crippen LogP contribution is 2.49. The summed E-state index contributed by atoms with van der Waals surface area (Å²) in [6, 6.07) is 18.4. The fourth-order valence-corrected chi connectivity index (χ4v) is 3.98. The van der Waals surface area contributed by atoms with Crippen LogP contribution in [0.2, 0.25) is 0 Å². The Hall–Kier alpha value is -3.80. The molecule has 164 valence electrons. The highest BCUT2D eigenvalue weighted by Gasteiger charge is 2.51. The van der Waals surface area contributed by atoms with Gasteiger partial charge >= 0.3 is 5.97 Å². The third-order valence-corrected chi connectivity index (χ3v) is 6.07. The molecular weight excluding hydrogens is 406 g/mol. The van der Waals surface area contributed by atoms with E-state index in [0.717, 1.165) is 40.8 Å². The molecule has 0 unspecified atom stereocenters. The summed E-state index contributed by atoms with van der Waals surface area (Å²) >= 11 is 0. The van der Waals surface area contributed by atoms with Crippen molar-refractivity contribution in [1.82, 2.24) is 0 Å². The Morgan fingerprint density at radius 1 is 0.938 bits per heavy atom. The molecule has 0 saturated heterocycles. The van der Waals surface area contributed by atoms with Crippen molar-refractivity contribution < 1.29 is 24.2 Å². The zero-order valence-electron chi connectivity index (χ0n) is 18.3. The van der Waals surface area contributed by atoms with Gasteiger partial charge in [-0.15, -0.1) is 0 Å². The number of anilines is 1. The molecule has 1 aliphatic carbocycles. The third-order valence-electron chi connectivity index (χ3n) is 6.07. The van der Waals surface area contributed by atoms with Gasteiger partial charge in [0.1, 0.15) is 17.1 Å². The number of amides is 1. The molecule has 3 aromatic carbocycles. The number of nitrogens with one attached hydrogen (secondary N) is 1. The van der Waals surface area contributed by atoms with Crippen LogP contribution in [-0.2, 0) is 10.2 Å². The summed E-state index contributed by atoms with van der Waals surface area (Å²) in [5.74, 6) is -0.0200. The van der Waals surface area contributed by atoms with E-state index in [0.29, 0.717) is 11.4 Å². The van der Waals surface area contributed by atoms with E-state index in [9.17, 15) is 14.7 Å². The van der Waals surface area contributed by atoms with Crippen molar-refractivity contribution in [1.29, 1.82) is 0 Å². The van der Waals surface area contributed by atoms with Crippen LogP contribution in [0.25, 0.3) is 11.1 Å². The quantitative estimate of drug-likeness (QED) is 0.547. The molecule has 0 aromatic heterocycles. The molecule has 1 saturated carbocycles. The zero-order valence-corrected chi connectivity index (χ0v) is 18.3. The molecule has 6 heteroatoms. The molecule has 1 amide bonds. The number of carboxylic acid groups (broad SMARTS) is 1. The van der Waals surface area contributed by atoms with Crippen molar-refractivity contribution in [3.8, 4) is 22.6 Å². The highest BCUT2D eigenvalue weighted by atomic mass is 16.5. The second-order valence-electron chi connectivity index (χ2n) is 8.01. The Bertz CT molecular complexity index is 1180. The maximum Gasteiger partial charge on any atom is 0.339 e. The van der Waals surface area contributed by atoms with E-state index in [1.807, 2.05) is 49.4 Å². The average molecular weight is 431 g/mol. The number of ether oxygens (including phenoxy) is 2. The molecule has 0 atom stereocenters. The van der Waals surface area contributed by atoms with Crippen LogP contribution in [0.15, 0.2) is 60.7 Å². The minimum Gasteiger partial charge on any atom is -0.497 e. The Morgan fingerprint density at radius 3 is 2.25 bits per heavy atom. The van der Waals surface area contributed by atoms with Crippen molar-refractivity contribution in [2.75, 3.05) is 19.5 Å². The molecule has 0 spiro atoms. The first-order valence-electron chi connectivity index (χ1n) is 10.4. The molecule has 0 radical (unpaired) electrons. The van der Waals surface area contributed by atoms with E-state index in [-0.39, 0.29) is 11.5 Å². The Kier molecular flexibility index (Phi) is 5.61. The first kappa shape index (κ1) is 21.4. The molecule has 0 heterocycles. The minimum absolute atomic E-state index is 0.0312. The summed E-state index contributed by atoms with van der Waals surface area (Å²) in [4.78, 5) is 24.6. The third kappa shape index (κ3) is 3.91. The number of methoxy groups -OCH3 is 2. The molecule has 3 aromatic rings. The second kappa shape index (κ2) is 8.38. The predicted octanol–water partition coefficient (Wildman–Crippen LogP) is 5.05. The van der Waals surface area contributed by atoms with Gasteiger partial charge in [0.25, 0.3) is 0 Å². The van der Waals surface area contributed by atoms with E-state index >= 15 is 0 Å². The Balaban J connectivity index is 1.60. The van der Waals surface area contributed by atoms with Gasteiger partial charge < -0.3 is 19.9 Å². The maximum absolute atomic E-state index is 13.2. The lowest BCUT2D eigenvalue weighted by Crippen LogP contribution is -2.27. The highest BCUT2D eigenvalue weighted by molar-refractivity contribution is 6.02. The van der Waals surface area contributed by atoms with Crippen LogP contribution in [0, 0.1) is 6.92 Å². The van der Waals surface area contributed by atoms with Gasteiger partial charge in [-0.05, 0) is 78.4 Å². The molecule has 1 aliphatic rings. The number of hydrogen-bond donors (Lipinski definition) is 2. The fourth-order valence-electron chi connectivity index (χ4n) is 3.98. The van der Waals surface area contributed by atoms with Gasteiger partial charge in [-0.25, -0.2) is 4.79 Å². The number of benzene rings is 3. The zero-order chi connectivity index (χ0) is 22.9. The largest absolute Gasteiger partial charge is 0.497 e. The summed E-state index contributed by atoms with van der Waals surface area (Å²) < 4.78 is 10.5. The minimum atomic E-state index is -1.04. The van der Waals surface area contributed by atoms with Crippen molar-refractivity contribution in [2.45, 2.75) is 25.2 Å². The molecule has 6 nitrogen and oxygen atoms in total. The van der Waals surface area contributed by atoms with Gasteiger partial charge in [0.15, 0.2) is 0 Å². The first-order valence-corrected chi connectivity index (χ1v) is 10.4. The predicted molar refractivity (Wildman–Crippen MR) is 123 cm³/mol. The molecule has 0 bridgehead atoms. The summed E-state index contributed by atoms with van der Waals surface area (Å²) in [6.07, 6.45) is 1.61. The van der Waals surface area contributed by atoms with Crippen molar-refractivity contribution in [2.24, 2.45) is 0 Å². The van der Waals surface area contributed by atoms with Crippen molar-refractivity contribution >= 4 is 17.6 Å². The van der Waals surface area contributed by atoms with Crippen LogP contribution in [0.4, 0.5) is 5.69 Å². The molecule has 0 aliphatic heterocycles. The second-order valence-corrected chi connectivity index (χ2v) is 8.01. The lowest BCUT2D eigenvalue weighted by atomic mass is 9.94. The number of carboxylic acids is 1.